The summed E-state index contributed by atoms with van der Waals surface area (Å²) in [5, 5.41) is 2.75. The van der Waals surface area contributed by atoms with E-state index in [9.17, 15) is 4.79 Å². The van der Waals surface area contributed by atoms with Crippen LogP contribution >= 0.6 is 11.6 Å². The molecular formula is C11H15ClN2O. The van der Waals surface area contributed by atoms with Crippen LogP contribution in [0.2, 0.25) is 0 Å². The van der Waals surface area contributed by atoms with Crippen molar-refractivity contribution >= 4 is 17.5 Å². The quantitative estimate of drug-likeness (QED) is 0.803. The lowest BCUT2D eigenvalue weighted by Gasteiger charge is -2.16. The van der Waals surface area contributed by atoms with Crippen LogP contribution in [-0.2, 0) is 0 Å². The molecule has 3 nitrogen and oxygen atoms in total. The number of hydrogen-bond acceptors (Lipinski definition) is 2. The second-order valence-corrected chi connectivity index (χ2v) is 4.32. The maximum atomic E-state index is 11.8. The SMILES string of the molecule is Cc1cnccc1C(=O)NC(C)C(C)Cl. The maximum absolute atomic E-state index is 11.8. The minimum Gasteiger partial charge on any atom is -0.348 e. The molecule has 4 heteroatoms. The predicted octanol–water partition coefficient (Wildman–Crippen LogP) is 2.14. The van der Waals surface area contributed by atoms with E-state index < -0.39 is 0 Å². The van der Waals surface area contributed by atoms with Gasteiger partial charge in [0.15, 0.2) is 0 Å². The normalized spacial score (nSPS) is 14.4. The fourth-order valence-electron chi connectivity index (χ4n) is 1.13. The molecule has 0 aromatic carbocycles. The molecule has 1 aromatic heterocycles. The van der Waals surface area contributed by atoms with Gasteiger partial charge in [-0.2, -0.15) is 0 Å². The van der Waals surface area contributed by atoms with Crippen LogP contribution in [0, 0.1) is 6.92 Å². The zero-order chi connectivity index (χ0) is 11.4. The first-order chi connectivity index (χ1) is 7.02. The molecule has 0 aliphatic carbocycles. The van der Waals surface area contributed by atoms with Crippen LogP contribution in [0.15, 0.2) is 18.5 Å². The molecule has 0 aliphatic rings. The molecule has 0 radical (unpaired) electrons. The highest BCUT2D eigenvalue weighted by atomic mass is 35.5. The number of pyridine rings is 1. The van der Waals surface area contributed by atoms with Gasteiger partial charge in [-0.05, 0) is 32.4 Å². The molecule has 82 valence electrons. The Labute approximate surface area is 94.9 Å². The number of nitrogens with one attached hydrogen (secondary N) is 1. The van der Waals surface area contributed by atoms with Gasteiger partial charge < -0.3 is 5.32 Å². The van der Waals surface area contributed by atoms with Crippen molar-refractivity contribution in [2.75, 3.05) is 0 Å². The number of rotatable bonds is 3. The van der Waals surface area contributed by atoms with Gasteiger partial charge in [0.1, 0.15) is 0 Å². The molecular weight excluding hydrogens is 212 g/mol. The number of carbonyl (C=O) groups is 1. The van der Waals surface area contributed by atoms with Gasteiger partial charge in [0.25, 0.3) is 5.91 Å². The van der Waals surface area contributed by atoms with Crippen molar-refractivity contribution in [3.63, 3.8) is 0 Å². The van der Waals surface area contributed by atoms with Gasteiger partial charge in [0.2, 0.25) is 0 Å². The Morgan fingerprint density at radius 2 is 2.20 bits per heavy atom. The lowest BCUT2D eigenvalue weighted by atomic mass is 10.1. The largest absolute Gasteiger partial charge is 0.348 e. The minimum absolute atomic E-state index is 0.0493. The number of aromatic nitrogens is 1. The van der Waals surface area contributed by atoms with Gasteiger partial charge in [-0.25, -0.2) is 0 Å². The third-order valence-corrected chi connectivity index (χ3v) is 2.69. The fraction of sp³-hybridized carbons (Fsp3) is 0.455. The summed E-state index contributed by atoms with van der Waals surface area (Å²) in [6.07, 6.45) is 3.28. The molecule has 15 heavy (non-hydrogen) atoms. The summed E-state index contributed by atoms with van der Waals surface area (Å²) in [7, 11) is 0. The molecule has 1 aromatic rings. The van der Waals surface area contributed by atoms with Crippen molar-refractivity contribution in [1.29, 1.82) is 0 Å². The molecule has 0 saturated carbocycles. The van der Waals surface area contributed by atoms with Crippen molar-refractivity contribution in [3.8, 4) is 0 Å². The first-order valence-electron chi connectivity index (χ1n) is 4.88. The Morgan fingerprint density at radius 1 is 1.53 bits per heavy atom. The zero-order valence-electron chi connectivity index (χ0n) is 9.12. The van der Waals surface area contributed by atoms with E-state index >= 15 is 0 Å². The van der Waals surface area contributed by atoms with Crippen molar-refractivity contribution in [2.24, 2.45) is 0 Å². The predicted molar refractivity (Wildman–Crippen MR) is 61.2 cm³/mol. The van der Waals surface area contributed by atoms with Gasteiger partial charge in [-0.15, -0.1) is 11.6 Å². The van der Waals surface area contributed by atoms with Crippen molar-refractivity contribution < 1.29 is 4.79 Å². The summed E-state index contributed by atoms with van der Waals surface area (Å²) in [5.74, 6) is -0.102. The smallest absolute Gasteiger partial charge is 0.251 e. The number of alkyl halides is 1. The van der Waals surface area contributed by atoms with Crippen LogP contribution in [0.5, 0.6) is 0 Å². The topological polar surface area (TPSA) is 42.0 Å². The molecule has 1 amide bonds. The van der Waals surface area contributed by atoms with Crippen LogP contribution in [0.4, 0.5) is 0 Å². The monoisotopic (exact) mass is 226 g/mol. The molecule has 0 saturated heterocycles. The highest BCUT2D eigenvalue weighted by molar-refractivity contribution is 6.21. The van der Waals surface area contributed by atoms with Crippen molar-refractivity contribution in [3.05, 3.63) is 29.6 Å². The highest BCUT2D eigenvalue weighted by Crippen LogP contribution is 2.07. The standard InChI is InChI=1S/C11H15ClN2O/c1-7-6-13-5-4-10(7)11(15)14-9(3)8(2)12/h4-6,8-9H,1-3H3,(H,14,15). The number of amides is 1. The summed E-state index contributed by atoms with van der Waals surface area (Å²) in [5.41, 5.74) is 1.51. The first-order valence-corrected chi connectivity index (χ1v) is 5.31. The van der Waals surface area contributed by atoms with Crippen LogP contribution in [0.3, 0.4) is 0 Å². The number of carbonyl (C=O) groups excluding carboxylic acids is 1. The van der Waals surface area contributed by atoms with E-state index in [1.807, 2.05) is 20.8 Å². The molecule has 1 heterocycles. The lowest BCUT2D eigenvalue weighted by Crippen LogP contribution is -2.37. The Balaban J connectivity index is 2.74. The maximum Gasteiger partial charge on any atom is 0.251 e. The average Bonchev–Trinajstić information content (AvgIpc) is 2.18. The average molecular weight is 227 g/mol. The van der Waals surface area contributed by atoms with Gasteiger partial charge in [0, 0.05) is 24.0 Å². The van der Waals surface area contributed by atoms with E-state index in [1.165, 1.54) is 0 Å². The van der Waals surface area contributed by atoms with E-state index in [0.717, 1.165) is 5.56 Å². The summed E-state index contributed by atoms with van der Waals surface area (Å²) >= 11 is 5.87. The van der Waals surface area contributed by atoms with E-state index in [0.29, 0.717) is 5.56 Å². The summed E-state index contributed by atoms with van der Waals surface area (Å²) in [6, 6.07) is 1.66. The fourth-order valence-corrected chi connectivity index (χ4v) is 1.19. The molecule has 0 bridgehead atoms. The minimum atomic E-state index is -0.102. The molecule has 0 spiro atoms. The Morgan fingerprint density at radius 3 is 2.73 bits per heavy atom. The van der Waals surface area contributed by atoms with Gasteiger partial charge in [-0.3, -0.25) is 9.78 Å². The molecule has 1 N–H and O–H groups in total. The van der Waals surface area contributed by atoms with Crippen LogP contribution in [-0.4, -0.2) is 22.3 Å². The molecule has 2 atom stereocenters. The van der Waals surface area contributed by atoms with Crippen LogP contribution in [0.1, 0.15) is 29.8 Å². The third kappa shape index (κ3) is 3.20. The van der Waals surface area contributed by atoms with Gasteiger partial charge in [-0.1, -0.05) is 0 Å². The second kappa shape index (κ2) is 5.12. The van der Waals surface area contributed by atoms with Crippen LogP contribution in [0.25, 0.3) is 0 Å². The van der Waals surface area contributed by atoms with E-state index in [4.69, 9.17) is 11.6 Å². The van der Waals surface area contributed by atoms with E-state index in [2.05, 4.69) is 10.3 Å². The molecule has 0 fully saturated rings. The Kier molecular flexibility index (Phi) is 4.09. The first kappa shape index (κ1) is 12.0. The lowest BCUT2D eigenvalue weighted by molar-refractivity contribution is 0.0939. The van der Waals surface area contributed by atoms with Crippen LogP contribution < -0.4 is 5.32 Å². The Hall–Kier alpha value is -1.09. The van der Waals surface area contributed by atoms with E-state index in [-0.39, 0.29) is 17.3 Å². The highest BCUT2D eigenvalue weighted by Gasteiger charge is 2.14. The summed E-state index contributed by atoms with van der Waals surface area (Å²) in [4.78, 5) is 15.7. The second-order valence-electron chi connectivity index (χ2n) is 3.63. The third-order valence-electron chi connectivity index (χ3n) is 2.31. The number of halogens is 1. The number of hydrogen-bond donors (Lipinski definition) is 1. The van der Waals surface area contributed by atoms with Crippen molar-refractivity contribution in [1.82, 2.24) is 10.3 Å². The van der Waals surface area contributed by atoms with Crippen molar-refractivity contribution in [2.45, 2.75) is 32.2 Å². The molecule has 2 unspecified atom stereocenters. The van der Waals surface area contributed by atoms with Gasteiger partial charge in [0.05, 0.1) is 5.38 Å². The number of aryl methyl sites for hydroxylation is 1. The summed E-state index contributed by atoms with van der Waals surface area (Å²) in [6.45, 7) is 5.59. The summed E-state index contributed by atoms with van der Waals surface area (Å²) < 4.78 is 0. The zero-order valence-corrected chi connectivity index (χ0v) is 9.88. The van der Waals surface area contributed by atoms with E-state index in [1.54, 1.807) is 18.5 Å². The molecule has 1 rings (SSSR count). The Bertz CT molecular complexity index is 352. The molecule has 0 aliphatic heterocycles. The van der Waals surface area contributed by atoms with Gasteiger partial charge >= 0.3 is 0 Å². The number of nitrogens with zero attached hydrogens (tertiary/aromatic N) is 1.